The maximum atomic E-state index is 2.73. The van der Waals surface area contributed by atoms with Gasteiger partial charge in [0.2, 0.25) is 0 Å². The lowest BCUT2D eigenvalue weighted by atomic mass is 9.33. The number of hydrogen-bond acceptors (Lipinski definition) is 2. The van der Waals surface area contributed by atoms with Gasteiger partial charge in [-0.25, -0.2) is 0 Å². The van der Waals surface area contributed by atoms with Crippen molar-refractivity contribution in [1.29, 1.82) is 0 Å². The van der Waals surface area contributed by atoms with Crippen molar-refractivity contribution < 1.29 is 0 Å². The zero-order valence-electron chi connectivity index (χ0n) is 83.3. The van der Waals surface area contributed by atoms with E-state index in [4.69, 9.17) is 0 Å². The van der Waals surface area contributed by atoms with E-state index in [1.54, 1.807) is 0 Å². The zero-order chi connectivity index (χ0) is 98.6. The highest BCUT2D eigenvalue weighted by Crippen LogP contribution is 2.52. The van der Waals surface area contributed by atoms with Crippen molar-refractivity contribution in [3.63, 3.8) is 0 Å². The molecule has 147 heavy (non-hydrogen) atoms. The van der Waals surface area contributed by atoms with E-state index in [-0.39, 0.29) is 10.8 Å². The fraction of sp³-hybridized carbons (Fsp3) is 0.0571. The molecule has 0 unspecified atom stereocenters. The minimum absolute atomic E-state index is 0.141. The number of benzene rings is 22. The Hall–Kier alpha value is -17.5. The van der Waals surface area contributed by atoms with E-state index in [1.807, 2.05) is 0 Å². The summed E-state index contributed by atoms with van der Waals surface area (Å²) >= 11 is 0. The van der Waals surface area contributed by atoms with Crippen molar-refractivity contribution in [2.45, 2.75) is 52.4 Å². The lowest BCUT2D eigenvalue weighted by Gasteiger charge is -2.45. The van der Waals surface area contributed by atoms with Crippen LogP contribution in [0.25, 0.3) is 133 Å². The highest BCUT2D eigenvalue weighted by atomic mass is 28.3. The largest absolute Gasteiger partial charge is 0.311 e. The van der Waals surface area contributed by atoms with Crippen LogP contribution in [0.15, 0.2) is 540 Å². The van der Waals surface area contributed by atoms with Crippen molar-refractivity contribution >= 4 is 158 Å². The van der Waals surface area contributed by atoms with Crippen LogP contribution >= 0.6 is 0 Å². The van der Waals surface area contributed by atoms with E-state index >= 15 is 0 Å². The van der Waals surface area contributed by atoms with Crippen molar-refractivity contribution in [2.75, 3.05) is 9.80 Å². The first-order chi connectivity index (χ1) is 72.1. The van der Waals surface area contributed by atoms with Gasteiger partial charge in [-0.3, -0.25) is 0 Å². The lowest BCUT2D eigenvalue weighted by Crippen LogP contribution is -2.78. The van der Waals surface area contributed by atoms with Gasteiger partial charge in [0.15, 0.2) is 16.1 Å². The summed E-state index contributed by atoms with van der Waals surface area (Å²) in [5, 5.41) is 15.2. The molecule has 26 rings (SSSR count). The fourth-order valence-corrected chi connectivity index (χ4v) is 34.1. The molecule has 0 saturated heterocycles. The van der Waals surface area contributed by atoms with Gasteiger partial charge < -0.3 is 18.9 Å². The van der Waals surface area contributed by atoms with E-state index in [2.05, 4.69) is 600 Å². The molecule has 0 amide bonds. The molecule has 24 aromatic rings. The van der Waals surface area contributed by atoms with Gasteiger partial charge in [-0.2, -0.15) is 0 Å². The number of aromatic nitrogens is 2. The third kappa shape index (κ3) is 15.4. The maximum Gasteiger partial charge on any atom is 0.252 e. The Balaban J connectivity index is 0.837. The minimum Gasteiger partial charge on any atom is -0.311 e. The van der Waals surface area contributed by atoms with Crippen LogP contribution in [0.1, 0.15) is 52.7 Å². The molecular weight excluding hydrogens is 1800 g/mol. The van der Waals surface area contributed by atoms with Crippen LogP contribution in [0.5, 0.6) is 0 Å². The van der Waals surface area contributed by atoms with Crippen molar-refractivity contribution in [3.05, 3.63) is 551 Å². The second kappa shape index (κ2) is 36.4. The van der Waals surface area contributed by atoms with Crippen LogP contribution < -0.4 is 67.7 Å². The Morgan fingerprint density at radius 3 is 0.946 bits per heavy atom. The van der Waals surface area contributed by atoms with Crippen molar-refractivity contribution in [2.24, 2.45) is 0 Å². The smallest absolute Gasteiger partial charge is 0.252 e. The average Bonchev–Trinajstić information content (AvgIpc) is 1.58. The highest BCUT2D eigenvalue weighted by Gasteiger charge is 2.49. The van der Waals surface area contributed by atoms with Gasteiger partial charge in [-0.1, -0.05) is 484 Å². The quantitative estimate of drug-likeness (QED) is 0.0593. The molecule has 0 bridgehead atoms. The molecule has 22 aromatic carbocycles. The summed E-state index contributed by atoms with van der Waals surface area (Å²) < 4.78 is 5.14. The summed E-state index contributed by atoms with van der Waals surface area (Å²) in [7, 11) is -7.21. The maximum absolute atomic E-state index is 3.61. The third-order valence-electron chi connectivity index (χ3n) is 31.2. The summed E-state index contributed by atoms with van der Waals surface area (Å²) in [5.74, 6) is 0. The molecule has 2 aliphatic rings. The summed E-state index contributed by atoms with van der Waals surface area (Å²) in [6.07, 6.45) is 0. The number of fused-ring (bicyclic) bond motifs is 10. The van der Waals surface area contributed by atoms with Gasteiger partial charge >= 0.3 is 0 Å². The predicted molar refractivity (Wildman–Crippen MR) is 632 cm³/mol. The molecule has 7 heteroatoms. The number of para-hydroxylation sites is 2. The number of rotatable bonds is 19. The summed E-state index contributed by atoms with van der Waals surface area (Å²) in [6, 6.07) is 208. The van der Waals surface area contributed by atoms with E-state index in [1.165, 1.54) is 113 Å². The van der Waals surface area contributed by atoms with E-state index in [9.17, 15) is 0 Å². The normalized spacial score (nSPS) is 12.5. The molecule has 0 aliphatic carbocycles. The Morgan fingerprint density at radius 1 is 0.177 bits per heavy atom. The van der Waals surface area contributed by atoms with Crippen molar-refractivity contribution in [1.82, 2.24) is 9.13 Å². The molecule has 698 valence electrons. The molecule has 4 heterocycles. The number of nitrogens with zero attached hydrogens (tertiary/aromatic N) is 4. The van der Waals surface area contributed by atoms with Crippen molar-refractivity contribution in [3.8, 4) is 89.3 Å². The van der Waals surface area contributed by atoms with Gasteiger partial charge in [0.25, 0.3) is 6.71 Å². The van der Waals surface area contributed by atoms with Crippen LogP contribution in [-0.4, -0.2) is 32.0 Å². The lowest BCUT2D eigenvalue weighted by molar-refractivity contribution is 0.590. The SMILES string of the molecule is CC(C)(C)c1ccc2c(c1)c1cc(C(C)(C)C)ccc1n2-c1cc2c3c(c1)N(c1ccc(-c4ccccc4)cc1-c1ccccc1)c1ccc(-c4cc([Si](c5ccccc5)(c5ccccc5)c5cccc(-c6ccccc6)c5)cc([Si](c5ccccc5)(c5ccccc5)c5cccc(-c6ccccc6)c5)c4)cc1B3c1ccc(-n3c4ccccc4c4ccccc43)cc1N2c1cc(-c2ccccc2)cc(-c2ccccc2)c1. The number of hydrogen-bond donors (Lipinski definition) is 0. The second-order valence-electron chi connectivity index (χ2n) is 41.8. The minimum atomic E-state index is -3.61. The molecule has 0 fully saturated rings. The topological polar surface area (TPSA) is 16.3 Å². The monoisotopic (exact) mass is 1910 g/mol. The molecule has 0 radical (unpaired) electrons. The number of anilines is 6. The van der Waals surface area contributed by atoms with E-state index in [0.717, 1.165) is 123 Å². The zero-order valence-corrected chi connectivity index (χ0v) is 85.3. The van der Waals surface area contributed by atoms with Gasteiger partial charge in [0.1, 0.15) is 0 Å². The Morgan fingerprint density at radius 2 is 0.510 bits per heavy atom. The second-order valence-corrected chi connectivity index (χ2v) is 49.4. The standard InChI is InChI=1S/C140H107BN4Si2/c1-139(2,3)109-73-79-132-125(90-109)126-91-110(140(4,5)6)74-80-133(126)143(132)113-93-136-138-137(94-113)145(131-77-71-104(98-47-21-9-22-48-98)88-124(131)101-53-27-12-28-54-101)134-78-72-105(89-128(134)141(138)127-76-75-111(142-129-69-39-37-67-122(129)123-68-38-40-70-130(123)142)92-135(127)144(136)112-82-106(99-49-23-10-24-50-99)81-107(83-112)100-51-25-11-26-52-100)108-86-120(146(114-57-29-13-30-58-114,115-59-31-14-32-60-115)118-65-41-55-102(84-118)96-43-17-7-18-44-96)95-121(87-108)147(116-61-33-15-34-62-116,117-63-35-16-36-64-117)119-66-42-56-103(85-119)97-45-19-8-20-46-97/h7-95H,1-6H3. The molecule has 0 N–H and O–H groups in total. The summed E-state index contributed by atoms with van der Waals surface area (Å²) in [4.78, 5) is 5.40. The Labute approximate surface area is 863 Å². The van der Waals surface area contributed by atoms with Crippen LogP contribution in [0.3, 0.4) is 0 Å². The van der Waals surface area contributed by atoms with Crippen LogP contribution in [0.2, 0.25) is 0 Å². The van der Waals surface area contributed by atoms with Gasteiger partial charge in [-0.15, -0.1) is 0 Å². The molecule has 0 atom stereocenters. The molecule has 2 aliphatic heterocycles. The van der Waals surface area contributed by atoms with Crippen LogP contribution in [0, 0.1) is 0 Å². The van der Waals surface area contributed by atoms with Gasteiger partial charge in [0, 0.05) is 61.2 Å². The average molecular weight is 1910 g/mol. The first kappa shape index (κ1) is 89.6. The molecule has 4 nitrogen and oxygen atoms in total. The first-order valence-corrected chi connectivity index (χ1v) is 55.5. The molecule has 0 saturated carbocycles. The molecular formula is C140H107BN4Si2. The summed E-state index contributed by atoms with van der Waals surface area (Å²) in [5.41, 5.74) is 34.8. The fourth-order valence-electron chi connectivity index (χ4n) is 24.2. The predicted octanol–water partition coefficient (Wildman–Crippen LogP) is 29.0. The van der Waals surface area contributed by atoms with Crippen LogP contribution in [0.4, 0.5) is 34.1 Å². The van der Waals surface area contributed by atoms with Gasteiger partial charge in [-0.05, 0) is 249 Å². The van der Waals surface area contributed by atoms with Gasteiger partial charge in [0.05, 0.1) is 33.4 Å². The Kier molecular flexibility index (Phi) is 22.2. The van der Waals surface area contributed by atoms with E-state index < -0.39 is 22.9 Å². The molecule has 0 spiro atoms. The summed E-state index contributed by atoms with van der Waals surface area (Å²) in [6.45, 7) is 13.7. The third-order valence-corrected chi connectivity index (χ3v) is 40.7. The Bertz CT molecular complexity index is 8710. The van der Waals surface area contributed by atoms with Crippen LogP contribution in [-0.2, 0) is 10.8 Å². The molecule has 2 aromatic heterocycles. The first-order valence-electron chi connectivity index (χ1n) is 51.5. The van der Waals surface area contributed by atoms with E-state index in [0.29, 0.717) is 0 Å². The highest BCUT2D eigenvalue weighted by molar-refractivity contribution is 7.22.